The van der Waals surface area contributed by atoms with Crippen LogP contribution in [0.4, 0.5) is 0 Å². The van der Waals surface area contributed by atoms with Crippen LogP contribution in [0.2, 0.25) is 0 Å². The molecule has 8 aromatic carbocycles. The van der Waals surface area contributed by atoms with Crippen molar-refractivity contribution < 1.29 is 110 Å². The molecular weight excluding hydrogens is 1070 g/mol. The van der Waals surface area contributed by atoms with Gasteiger partial charge in [-0.2, -0.15) is 0 Å². The van der Waals surface area contributed by atoms with Crippen molar-refractivity contribution in [3.8, 4) is 86.2 Å². The van der Waals surface area contributed by atoms with Crippen molar-refractivity contribution >= 4 is 23.1 Å². The maximum absolute atomic E-state index is 12.2. The molecule has 0 saturated heterocycles. The highest BCUT2D eigenvalue weighted by Gasteiger charge is 2.42. The molecule has 0 fully saturated rings. The number of aliphatic hydroxyl groups excluding tert-OH is 3. The Balaban J connectivity index is 0.000000132. The molecule has 0 bridgehead atoms. The highest BCUT2D eigenvalue weighted by atomic mass is 16.5. The molecule has 0 saturated carbocycles. The minimum Gasteiger partial charge on any atom is -0.508 e. The Labute approximate surface area is 462 Å². The van der Waals surface area contributed by atoms with Crippen LogP contribution in [0.25, 0.3) is 0 Å². The van der Waals surface area contributed by atoms with E-state index in [1.54, 1.807) is 24.3 Å². The topological polar surface area (TPSA) is 388 Å². The monoisotopic (exact) mass is 1120 g/mol. The zero-order valence-electron chi connectivity index (χ0n) is 42.2. The third-order valence-corrected chi connectivity index (χ3v) is 13.2. The number of phenols is 11. The van der Waals surface area contributed by atoms with Gasteiger partial charge in [0.2, 0.25) is 17.3 Å². The molecule has 0 unspecified atom stereocenters. The molecule has 14 N–H and O–H groups in total. The van der Waals surface area contributed by atoms with Gasteiger partial charge in [0, 0.05) is 48.5 Å². The van der Waals surface area contributed by atoms with Gasteiger partial charge in [0.25, 0.3) is 0 Å². The first kappa shape index (κ1) is 56.1. The molecule has 0 spiro atoms. The Morgan fingerprint density at radius 2 is 0.646 bits per heavy atom. The maximum atomic E-state index is 12.2. The van der Waals surface area contributed by atoms with Gasteiger partial charge < -0.3 is 90.4 Å². The molecule has 420 valence electrons. The molecule has 22 nitrogen and oxygen atoms in total. The summed E-state index contributed by atoms with van der Waals surface area (Å²) >= 11 is 0. The molecule has 4 aliphatic rings. The van der Waals surface area contributed by atoms with Crippen LogP contribution < -0.4 is 18.9 Å². The number of aliphatic hydroxyl groups is 3. The molecule has 12 rings (SSSR count). The highest BCUT2D eigenvalue weighted by molar-refractivity contribution is 6.07. The first-order chi connectivity index (χ1) is 39.1. The average molecular weight is 1120 g/mol. The van der Waals surface area contributed by atoms with Crippen molar-refractivity contribution in [2.24, 2.45) is 0 Å². The minimum absolute atomic E-state index is 0.000810. The second kappa shape index (κ2) is 23.0. The lowest BCUT2D eigenvalue weighted by Crippen LogP contribution is -2.36. The first-order valence-electron chi connectivity index (χ1n) is 24.6. The van der Waals surface area contributed by atoms with Gasteiger partial charge in [-0.25, -0.2) is 0 Å². The van der Waals surface area contributed by atoms with Crippen LogP contribution in [0, 0.1) is 0 Å². The Kier molecular flexibility index (Phi) is 15.7. The summed E-state index contributed by atoms with van der Waals surface area (Å²) in [7, 11) is 0. The second-order valence-electron chi connectivity index (χ2n) is 18.8. The highest BCUT2D eigenvalue weighted by Crippen LogP contribution is 2.46. The summed E-state index contributed by atoms with van der Waals surface area (Å²) in [6.45, 7) is 0. The number of carbonyl (C=O) groups excluding carboxylic acids is 4. The van der Waals surface area contributed by atoms with Gasteiger partial charge in [-0.15, -0.1) is 0 Å². The molecule has 0 amide bonds. The summed E-state index contributed by atoms with van der Waals surface area (Å²) in [5.41, 5.74) is 1.94. The van der Waals surface area contributed by atoms with Gasteiger partial charge >= 0.3 is 0 Å². The molecule has 7 atom stereocenters. The van der Waals surface area contributed by atoms with E-state index in [9.17, 15) is 90.7 Å². The lowest BCUT2D eigenvalue weighted by molar-refractivity contribution is 0.0208. The lowest BCUT2D eigenvalue weighted by atomic mass is 9.92. The molecule has 0 radical (unpaired) electrons. The van der Waals surface area contributed by atoms with E-state index < -0.39 is 77.0 Å². The van der Waals surface area contributed by atoms with Crippen LogP contribution in [0.3, 0.4) is 0 Å². The number of carbonyl (C=O) groups is 4. The van der Waals surface area contributed by atoms with Crippen LogP contribution in [0.1, 0.15) is 94.5 Å². The molecule has 22 heteroatoms. The van der Waals surface area contributed by atoms with Crippen LogP contribution in [0.15, 0.2) is 152 Å². The Morgan fingerprint density at radius 3 is 1.05 bits per heavy atom. The predicted octanol–water partition coefficient (Wildman–Crippen LogP) is 7.25. The zero-order valence-corrected chi connectivity index (χ0v) is 42.2. The van der Waals surface area contributed by atoms with Crippen molar-refractivity contribution in [1.29, 1.82) is 0 Å². The van der Waals surface area contributed by atoms with Crippen LogP contribution in [-0.4, -0.2) is 113 Å². The molecule has 0 aliphatic carbocycles. The van der Waals surface area contributed by atoms with E-state index in [4.69, 9.17) is 18.9 Å². The fourth-order valence-electron chi connectivity index (χ4n) is 9.30. The predicted molar refractivity (Wildman–Crippen MR) is 283 cm³/mol. The van der Waals surface area contributed by atoms with Crippen molar-refractivity contribution in [3.63, 3.8) is 0 Å². The molecule has 4 aliphatic heterocycles. The Hall–Kier alpha value is -10.7. The number of aromatic hydroxyl groups is 11. The van der Waals surface area contributed by atoms with Gasteiger partial charge in [-0.1, -0.05) is 78.9 Å². The van der Waals surface area contributed by atoms with Crippen molar-refractivity contribution in [3.05, 3.63) is 196 Å². The molecule has 0 aromatic heterocycles. The number of ether oxygens (including phenoxy) is 4. The fourth-order valence-corrected chi connectivity index (χ4v) is 9.30. The van der Waals surface area contributed by atoms with Crippen LogP contribution in [-0.2, 0) is 0 Å². The maximum Gasteiger partial charge on any atom is 0.202 e. The minimum atomic E-state index is -1.60. The standard InChI is InChI=1S/C15H12O7.C15H12O6.C15H12O5.C15H12O4/c16-7-4-10(19)12-11(5-7)22-15(14(21)13(12)20)6-1-2-8(17)9(18)3-6;16-8-3-1-7(2-4-8)15-14(20)13(19)12-10(18)5-9(17)6-11(12)21-15;16-9-6-10(17)12-11(7-9)20-15(14(19)13(12)18)8-4-2-1-3-5-8;16-10-6-11(17)15-12(18)8-13(19-14(15)7-10)9-4-2-1-3-5-9/h1-5,14-19,21H;1-6,14-18,20H;1-7,14-17,19H;1-7,13,16-17H,8H2/t3*14-,15+;13-/m0000/s1. The van der Waals surface area contributed by atoms with E-state index >= 15 is 0 Å². The van der Waals surface area contributed by atoms with E-state index in [1.807, 2.05) is 36.4 Å². The van der Waals surface area contributed by atoms with Gasteiger partial charge in [-0.05, 0) is 46.5 Å². The number of benzene rings is 8. The first-order valence-corrected chi connectivity index (χ1v) is 24.6. The van der Waals surface area contributed by atoms with Crippen molar-refractivity contribution in [2.75, 3.05) is 0 Å². The summed E-state index contributed by atoms with van der Waals surface area (Å²) < 4.78 is 22.3. The third kappa shape index (κ3) is 11.4. The van der Waals surface area contributed by atoms with E-state index in [1.165, 1.54) is 54.6 Å². The third-order valence-electron chi connectivity index (χ3n) is 13.2. The fraction of sp³-hybridized carbons (Fsp3) is 0.133. The quantitative estimate of drug-likeness (QED) is 0.0771. The SMILES string of the molecule is O=C1C[C@@H](c2ccccc2)Oc2cc(O)cc(O)c21.O=C1c2c(O)cc(O)cc2O[C@H](c2ccc(O)c(O)c2)[C@H]1O.O=C1c2c(O)cc(O)cc2O[C@H](c2ccc(O)cc2)[C@H]1O.O=C1c2c(O)cc(O)cc2O[C@H](c2ccccc2)[C@H]1O. The molecule has 82 heavy (non-hydrogen) atoms. The Bertz CT molecular complexity index is 3750. The average Bonchev–Trinajstić information content (AvgIpc) is 2.99. The van der Waals surface area contributed by atoms with E-state index in [-0.39, 0.29) is 109 Å². The summed E-state index contributed by atoms with van der Waals surface area (Å²) in [5, 5.41) is 135. The normalized spacial score (nSPS) is 20.0. The number of phenolic OH excluding ortho intramolecular Hbond substituents is 11. The van der Waals surface area contributed by atoms with Crippen molar-refractivity contribution in [1.82, 2.24) is 0 Å². The summed E-state index contributed by atoms with van der Waals surface area (Å²) in [6, 6.07) is 36.9. The zero-order chi connectivity index (χ0) is 58.8. The number of hydrogen-bond acceptors (Lipinski definition) is 22. The molecule has 8 aromatic rings. The number of rotatable bonds is 4. The smallest absolute Gasteiger partial charge is 0.202 e. The number of ketones is 4. The van der Waals surface area contributed by atoms with Crippen molar-refractivity contribution in [2.45, 2.75) is 49.1 Å². The largest absolute Gasteiger partial charge is 0.508 e. The Morgan fingerprint density at radius 1 is 0.305 bits per heavy atom. The van der Waals surface area contributed by atoms with E-state index in [0.29, 0.717) is 11.1 Å². The second-order valence-corrected chi connectivity index (χ2v) is 18.8. The lowest BCUT2D eigenvalue weighted by Gasteiger charge is -2.30. The van der Waals surface area contributed by atoms with Gasteiger partial charge in [0.1, 0.15) is 103 Å². The van der Waals surface area contributed by atoms with E-state index in [2.05, 4.69) is 0 Å². The van der Waals surface area contributed by atoms with Gasteiger partial charge in [0.05, 0.1) is 6.42 Å². The molecular formula is C60H48O22. The van der Waals surface area contributed by atoms with Gasteiger partial charge in [-0.3, -0.25) is 19.2 Å². The van der Waals surface area contributed by atoms with Crippen LogP contribution >= 0.6 is 0 Å². The number of Topliss-reactive ketones (excluding diaryl/α,β-unsaturated/α-hetero) is 4. The van der Waals surface area contributed by atoms with E-state index in [0.717, 1.165) is 42.0 Å². The number of hydrogen-bond donors (Lipinski definition) is 14. The number of fused-ring (bicyclic) bond motifs is 4. The summed E-state index contributed by atoms with van der Waals surface area (Å²) in [5.74, 6) is -5.27. The summed E-state index contributed by atoms with van der Waals surface area (Å²) in [6.07, 6.45) is -7.70. The summed E-state index contributed by atoms with van der Waals surface area (Å²) in [4.78, 5) is 48.6. The van der Waals surface area contributed by atoms with Crippen LogP contribution in [0.5, 0.6) is 86.2 Å². The van der Waals surface area contributed by atoms with Gasteiger partial charge in [0.15, 0.2) is 53.9 Å². The molecule has 4 heterocycles.